The predicted molar refractivity (Wildman–Crippen MR) is 95.6 cm³/mol. The van der Waals surface area contributed by atoms with E-state index in [-0.39, 0.29) is 23.2 Å². The molecule has 2 N–H and O–H groups in total. The first kappa shape index (κ1) is 18.9. The molecule has 2 aromatic carbocycles. The molecule has 0 aliphatic heterocycles. The number of sulfonamides is 1. The highest BCUT2D eigenvalue weighted by Crippen LogP contribution is 2.18. The van der Waals surface area contributed by atoms with E-state index in [1.807, 2.05) is 0 Å². The number of carbonyl (C=O) groups excluding carboxylic acids is 1. The second-order valence-electron chi connectivity index (χ2n) is 5.68. The Kier molecular flexibility index (Phi) is 5.76. The largest absolute Gasteiger partial charge is 0.376 e. The van der Waals surface area contributed by atoms with E-state index in [4.69, 9.17) is 0 Å². The molecule has 2 rings (SSSR count). The summed E-state index contributed by atoms with van der Waals surface area (Å²) in [6.07, 6.45) is 0. The summed E-state index contributed by atoms with van der Waals surface area (Å²) < 4.78 is 38.4. The third-order valence-electron chi connectivity index (χ3n) is 3.52. The highest BCUT2D eigenvalue weighted by Gasteiger charge is 2.17. The number of carbonyl (C=O) groups is 1. The molecular weight excluding hydrogens is 345 g/mol. The van der Waals surface area contributed by atoms with E-state index in [1.54, 1.807) is 25.1 Å². The summed E-state index contributed by atoms with van der Waals surface area (Å²) >= 11 is 0. The van der Waals surface area contributed by atoms with Crippen molar-refractivity contribution in [2.75, 3.05) is 31.3 Å². The summed E-state index contributed by atoms with van der Waals surface area (Å²) in [5, 5.41) is 5.55. The lowest BCUT2D eigenvalue weighted by molar-refractivity contribution is -0.114. The second-order valence-corrected chi connectivity index (χ2v) is 7.83. The Morgan fingerprint density at radius 1 is 1.16 bits per heavy atom. The molecule has 8 heteroatoms. The monoisotopic (exact) mass is 365 g/mol. The van der Waals surface area contributed by atoms with Crippen molar-refractivity contribution in [2.24, 2.45) is 0 Å². The van der Waals surface area contributed by atoms with E-state index in [0.717, 1.165) is 4.31 Å². The van der Waals surface area contributed by atoms with Gasteiger partial charge in [0.15, 0.2) is 0 Å². The molecule has 0 saturated carbocycles. The molecule has 0 aliphatic carbocycles. The SMILES string of the molecule is Cc1cc(F)ccc1NCC(=O)Nc1cccc(S(=O)(=O)N(C)C)c1. The minimum atomic E-state index is -3.57. The van der Waals surface area contributed by atoms with Gasteiger partial charge in [0.25, 0.3) is 0 Å². The molecule has 6 nitrogen and oxygen atoms in total. The van der Waals surface area contributed by atoms with Crippen molar-refractivity contribution in [3.8, 4) is 0 Å². The fraction of sp³-hybridized carbons (Fsp3) is 0.235. The Morgan fingerprint density at radius 3 is 2.52 bits per heavy atom. The number of nitrogens with one attached hydrogen (secondary N) is 2. The van der Waals surface area contributed by atoms with Crippen LogP contribution in [0.2, 0.25) is 0 Å². The molecule has 0 spiro atoms. The van der Waals surface area contributed by atoms with Crippen molar-refractivity contribution in [1.29, 1.82) is 0 Å². The fourth-order valence-electron chi connectivity index (χ4n) is 2.15. The van der Waals surface area contributed by atoms with Crippen LogP contribution in [0, 0.1) is 12.7 Å². The molecule has 0 unspecified atom stereocenters. The van der Waals surface area contributed by atoms with Crippen LogP contribution in [-0.2, 0) is 14.8 Å². The molecule has 0 saturated heterocycles. The third kappa shape index (κ3) is 4.77. The summed E-state index contributed by atoms with van der Waals surface area (Å²) in [4.78, 5) is 12.1. The number of hydrogen-bond acceptors (Lipinski definition) is 4. The second kappa shape index (κ2) is 7.62. The minimum Gasteiger partial charge on any atom is -0.376 e. The van der Waals surface area contributed by atoms with Gasteiger partial charge in [0.05, 0.1) is 11.4 Å². The maximum atomic E-state index is 13.1. The Bertz CT molecular complexity index is 882. The number of amides is 1. The van der Waals surface area contributed by atoms with Crippen LogP contribution in [0.15, 0.2) is 47.4 Å². The molecule has 0 atom stereocenters. The topological polar surface area (TPSA) is 78.5 Å². The summed E-state index contributed by atoms with van der Waals surface area (Å²) in [7, 11) is -0.689. The fourth-order valence-corrected chi connectivity index (χ4v) is 3.10. The van der Waals surface area contributed by atoms with Gasteiger partial charge in [-0.15, -0.1) is 0 Å². The van der Waals surface area contributed by atoms with Gasteiger partial charge in [0.2, 0.25) is 15.9 Å². The molecular formula is C17H20FN3O3S. The number of aryl methyl sites for hydroxylation is 1. The van der Waals surface area contributed by atoms with Crippen molar-refractivity contribution in [2.45, 2.75) is 11.8 Å². The van der Waals surface area contributed by atoms with Crippen LogP contribution < -0.4 is 10.6 Å². The third-order valence-corrected chi connectivity index (χ3v) is 5.34. The highest BCUT2D eigenvalue weighted by atomic mass is 32.2. The molecule has 0 fully saturated rings. The Labute approximate surface area is 146 Å². The molecule has 0 aliphatic rings. The predicted octanol–water partition coefficient (Wildman–Crippen LogP) is 2.44. The van der Waals surface area contributed by atoms with Crippen molar-refractivity contribution >= 4 is 27.3 Å². The lowest BCUT2D eigenvalue weighted by Crippen LogP contribution is -2.24. The van der Waals surface area contributed by atoms with Gasteiger partial charge in [-0.2, -0.15) is 0 Å². The first-order valence-electron chi connectivity index (χ1n) is 7.52. The number of nitrogens with zero attached hydrogens (tertiary/aromatic N) is 1. The standard InChI is InChI=1S/C17H20FN3O3S/c1-12-9-13(18)7-8-16(12)19-11-17(22)20-14-5-4-6-15(10-14)25(23,24)21(2)3/h4-10,19H,11H2,1-3H3,(H,20,22). The van der Waals surface area contributed by atoms with Crippen LogP contribution in [0.25, 0.3) is 0 Å². The van der Waals surface area contributed by atoms with Crippen LogP contribution in [0.1, 0.15) is 5.56 Å². The maximum absolute atomic E-state index is 13.1. The molecule has 0 aromatic heterocycles. The van der Waals surface area contributed by atoms with E-state index in [1.165, 1.54) is 38.4 Å². The van der Waals surface area contributed by atoms with Crippen LogP contribution in [0.5, 0.6) is 0 Å². The van der Waals surface area contributed by atoms with Crippen molar-refractivity contribution < 1.29 is 17.6 Å². The summed E-state index contributed by atoms with van der Waals surface area (Å²) in [6, 6.07) is 10.3. The zero-order valence-corrected chi connectivity index (χ0v) is 15.0. The summed E-state index contributed by atoms with van der Waals surface area (Å²) in [5.41, 5.74) is 1.72. The quantitative estimate of drug-likeness (QED) is 0.824. The normalized spacial score (nSPS) is 11.4. The number of halogens is 1. The van der Waals surface area contributed by atoms with E-state index in [0.29, 0.717) is 16.9 Å². The van der Waals surface area contributed by atoms with E-state index < -0.39 is 10.0 Å². The van der Waals surface area contributed by atoms with Crippen LogP contribution in [-0.4, -0.2) is 39.3 Å². The van der Waals surface area contributed by atoms with Crippen molar-refractivity contribution in [3.63, 3.8) is 0 Å². The number of benzene rings is 2. The zero-order valence-electron chi connectivity index (χ0n) is 14.2. The van der Waals surface area contributed by atoms with Crippen molar-refractivity contribution in [1.82, 2.24) is 4.31 Å². The lowest BCUT2D eigenvalue weighted by atomic mass is 10.2. The molecule has 134 valence electrons. The maximum Gasteiger partial charge on any atom is 0.243 e. The first-order valence-corrected chi connectivity index (χ1v) is 8.96. The Hall–Kier alpha value is -2.45. The van der Waals surface area contributed by atoms with Gasteiger partial charge in [-0.1, -0.05) is 6.07 Å². The summed E-state index contributed by atoms with van der Waals surface area (Å²) in [5.74, 6) is -0.686. The van der Waals surface area contributed by atoms with E-state index in [2.05, 4.69) is 10.6 Å². The summed E-state index contributed by atoms with van der Waals surface area (Å²) in [6.45, 7) is 1.70. The zero-order chi connectivity index (χ0) is 18.6. The van der Waals surface area contributed by atoms with Gasteiger partial charge < -0.3 is 10.6 Å². The smallest absolute Gasteiger partial charge is 0.243 e. The molecule has 25 heavy (non-hydrogen) atoms. The molecule has 0 bridgehead atoms. The molecule has 1 amide bonds. The number of anilines is 2. The van der Waals surface area contributed by atoms with Gasteiger partial charge >= 0.3 is 0 Å². The van der Waals surface area contributed by atoms with Crippen LogP contribution in [0.3, 0.4) is 0 Å². The minimum absolute atomic E-state index is 0.0306. The molecule has 2 aromatic rings. The van der Waals surface area contributed by atoms with Crippen LogP contribution in [0.4, 0.5) is 15.8 Å². The Balaban J connectivity index is 2.03. The Morgan fingerprint density at radius 2 is 1.88 bits per heavy atom. The van der Waals surface area contributed by atoms with Gasteiger partial charge in [0, 0.05) is 25.5 Å². The van der Waals surface area contributed by atoms with Crippen molar-refractivity contribution in [3.05, 3.63) is 53.8 Å². The van der Waals surface area contributed by atoms with Gasteiger partial charge in [-0.25, -0.2) is 17.1 Å². The number of hydrogen-bond donors (Lipinski definition) is 2. The highest BCUT2D eigenvalue weighted by molar-refractivity contribution is 7.89. The number of rotatable bonds is 6. The van der Waals surface area contributed by atoms with E-state index >= 15 is 0 Å². The first-order chi connectivity index (χ1) is 11.7. The molecule has 0 radical (unpaired) electrons. The van der Waals surface area contributed by atoms with Gasteiger partial charge in [0.1, 0.15) is 5.82 Å². The average Bonchev–Trinajstić information content (AvgIpc) is 2.54. The van der Waals surface area contributed by atoms with Gasteiger partial charge in [-0.05, 0) is 48.9 Å². The average molecular weight is 365 g/mol. The lowest BCUT2D eigenvalue weighted by Gasteiger charge is -2.13. The van der Waals surface area contributed by atoms with E-state index in [9.17, 15) is 17.6 Å². The van der Waals surface area contributed by atoms with Crippen LogP contribution >= 0.6 is 0 Å². The van der Waals surface area contributed by atoms with Gasteiger partial charge in [-0.3, -0.25) is 4.79 Å². The molecule has 0 heterocycles.